The van der Waals surface area contributed by atoms with Gasteiger partial charge in [0.25, 0.3) is 0 Å². The van der Waals surface area contributed by atoms with Crippen molar-refractivity contribution in [1.29, 1.82) is 0 Å². The van der Waals surface area contributed by atoms with Crippen molar-refractivity contribution in [2.24, 2.45) is 23.7 Å². The predicted octanol–water partition coefficient (Wildman–Crippen LogP) is 0.793. The summed E-state index contributed by atoms with van der Waals surface area (Å²) in [6, 6.07) is 0.639. The van der Waals surface area contributed by atoms with Crippen molar-refractivity contribution in [3.63, 3.8) is 0 Å². The SMILES string of the molecule is COC(=O)CNC1C2C3CCC(C3)C12. The van der Waals surface area contributed by atoms with Crippen LogP contribution >= 0.6 is 0 Å². The Kier molecular flexibility index (Phi) is 1.84. The summed E-state index contributed by atoms with van der Waals surface area (Å²) in [5.74, 6) is 3.61. The molecule has 0 aromatic carbocycles. The van der Waals surface area contributed by atoms with E-state index in [1.165, 1.54) is 26.4 Å². The highest BCUT2D eigenvalue weighted by atomic mass is 16.5. The molecule has 0 radical (unpaired) electrons. The first-order valence-corrected chi connectivity index (χ1v) is 5.61. The molecular weight excluding hydrogens is 178 g/mol. The van der Waals surface area contributed by atoms with Crippen LogP contribution in [0.2, 0.25) is 0 Å². The highest BCUT2D eigenvalue weighted by Gasteiger charge is 2.64. The molecule has 0 spiro atoms. The minimum Gasteiger partial charge on any atom is -0.468 e. The van der Waals surface area contributed by atoms with Crippen LogP contribution in [-0.4, -0.2) is 25.7 Å². The topological polar surface area (TPSA) is 38.3 Å². The fourth-order valence-corrected chi connectivity index (χ4v) is 3.87. The summed E-state index contributed by atoms with van der Waals surface area (Å²) in [7, 11) is 1.45. The average molecular weight is 195 g/mol. The van der Waals surface area contributed by atoms with Crippen LogP contribution in [0.1, 0.15) is 19.3 Å². The fraction of sp³-hybridized carbons (Fsp3) is 0.909. The Bertz CT molecular complexity index is 250. The molecule has 3 aliphatic rings. The first-order valence-electron chi connectivity index (χ1n) is 5.61. The summed E-state index contributed by atoms with van der Waals surface area (Å²) in [5.41, 5.74) is 0. The molecule has 0 heterocycles. The van der Waals surface area contributed by atoms with Crippen molar-refractivity contribution in [2.75, 3.05) is 13.7 Å². The summed E-state index contributed by atoms with van der Waals surface area (Å²) in [5, 5.41) is 3.34. The van der Waals surface area contributed by atoms with Crippen molar-refractivity contribution in [3.8, 4) is 0 Å². The van der Waals surface area contributed by atoms with Gasteiger partial charge in [0.05, 0.1) is 13.7 Å². The molecule has 78 valence electrons. The van der Waals surface area contributed by atoms with Gasteiger partial charge in [-0.3, -0.25) is 4.79 Å². The van der Waals surface area contributed by atoms with Gasteiger partial charge in [0.15, 0.2) is 0 Å². The quantitative estimate of drug-likeness (QED) is 0.677. The van der Waals surface area contributed by atoms with Crippen LogP contribution < -0.4 is 5.32 Å². The Hall–Kier alpha value is -0.570. The Labute approximate surface area is 84.2 Å². The van der Waals surface area contributed by atoms with E-state index in [0.29, 0.717) is 12.6 Å². The van der Waals surface area contributed by atoms with Crippen LogP contribution in [0, 0.1) is 23.7 Å². The van der Waals surface area contributed by atoms with Crippen molar-refractivity contribution >= 4 is 5.97 Å². The second kappa shape index (κ2) is 2.96. The van der Waals surface area contributed by atoms with E-state index in [0.717, 1.165) is 23.7 Å². The Morgan fingerprint density at radius 2 is 2.00 bits per heavy atom. The zero-order valence-corrected chi connectivity index (χ0v) is 8.53. The van der Waals surface area contributed by atoms with Crippen LogP contribution in [0.15, 0.2) is 0 Å². The molecule has 0 aliphatic heterocycles. The molecule has 1 N–H and O–H groups in total. The van der Waals surface area contributed by atoms with Crippen LogP contribution in [0.3, 0.4) is 0 Å². The number of carbonyl (C=O) groups excluding carboxylic acids is 1. The third-order valence-corrected chi connectivity index (χ3v) is 4.45. The minimum atomic E-state index is -0.137. The maximum Gasteiger partial charge on any atom is 0.319 e. The number of nitrogens with one attached hydrogen (secondary N) is 1. The van der Waals surface area contributed by atoms with Gasteiger partial charge in [-0.05, 0) is 42.9 Å². The molecule has 4 atom stereocenters. The third kappa shape index (κ3) is 1.11. The van der Waals surface area contributed by atoms with Crippen LogP contribution in [0.5, 0.6) is 0 Å². The van der Waals surface area contributed by atoms with E-state index in [2.05, 4.69) is 10.1 Å². The molecule has 3 rings (SSSR count). The number of fused-ring (bicyclic) bond motifs is 5. The lowest BCUT2D eigenvalue weighted by molar-refractivity contribution is -0.139. The second-order valence-electron chi connectivity index (χ2n) is 4.97. The zero-order valence-electron chi connectivity index (χ0n) is 8.53. The number of hydrogen-bond donors (Lipinski definition) is 1. The summed E-state index contributed by atoms with van der Waals surface area (Å²) >= 11 is 0. The number of rotatable bonds is 3. The van der Waals surface area contributed by atoms with Crippen molar-refractivity contribution in [2.45, 2.75) is 25.3 Å². The van der Waals surface area contributed by atoms with Crippen LogP contribution in [-0.2, 0) is 9.53 Å². The number of ether oxygens (including phenoxy) is 1. The number of carbonyl (C=O) groups is 1. The number of methoxy groups -OCH3 is 1. The Morgan fingerprint density at radius 1 is 1.36 bits per heavy atom. The molecule has 3 aliphatic carbocycles. The van der Waals surface area contributed by atoms with Crippen molar-refractivity contribution < 1.29 is 9.53 Å². The van der Waals surface area contributed by atoms with Gasteiger partial charge in [-0.15, -0.1) is 0 Å². The van der Waals surface area contributed by atoms with E-state index in [9.17, 15) is 4.79 Å². The maximum absolute atomic E-state index is 11.0. The van der Waals surface area contributed by atoms with E-state index >= 15 is 0 Å². The second-order valence-corrected chi connectivity index (χ2v) is 4.97. The molecule has 0 aromatic heterocycles. The lowest BCUT2D eigenvalue weighted by Crippen LogP contribution is -2.29. The first kappa shape index (κ1) is 8.72. The van der Waals surface area contributed by atoms with E-state index in [1.807, 2.05) is 0 Å². The van der Waals surface area contributed by atoms with Crippen LogP contribution in [0.25, 0.3) is 0 Å². The largest absolute Gasteiger partial charge is 0.468 e. The maximum atomic E-state index is 11.0. The molecule has 3 heteroatoms. The van der Waals surface area contributed by atoms with Gasteiger partial charge in [0, 0.05) is 6.04 Å². The normalized spacial score (nSPS) is 47.6. The predicted molar refractivity (Wildman–Crippen MR) is 51.6 cm³/mol. The fourth-order valence-electron chi connectivity index (χ4n) is 3.87. The van der Waals surface area contributed by atoms with Crippen molar-refractivity contribution in [3.05, 3.63) is 0 Å². The molecule has 3 nitrogen and oxygen atoms in total. The van der Waals surface area contributed by atoms with E-state index < -0.39 is 0 Å². The molecular formula is C11H17NO2. The molecule has 14 heavy (non-hydrogen) atoms. The number of hydrogen-bond acceptors (Lipinski definition) is 3. The summed E-state index contributed by atoms with van der Waals surface area (Å²) in [4.78, 5) is 11.0. The molecule has 0 saturated heterocycles. The number of esters is 1. The van der Waals surface area contributed by atoms with Crippen molar-refractivity contribution in [1.82, 2.24) is 5.32 Å². The minimum absolute atomic E-state index is 0.137. The van der Waals surface area contributed by atoms with Gasteiger partial charge in [0.2, 0.25) is 0 Å². The molecule has 3 fully saturated rings. The molecule has 0 amide bonds. The molecule has 2 bridgehead atoms. The van der Waals surface area contributed by atoms with Gasteiger partial charge in [-0.25, -0.2) is 0 Å². The average Bonchev–Trinajstić information content (AvgIpc) is 2.60. The lowest BCUT2D eigenvalue weighted by Gasteiger charge is -2.09. The van der Waals surface area contributed by atoms with Crippen LogP contribution in [0.4, 0.5) is 0 Å². The zero-order chi connectivity index (χ0) is 9.71. The molecule has 4 unspecified atom stereocenters. The summed E-state index contributed by atoms with van der Waals surface area (Å²) in [6.45, 7) is 0.396. The Morgan fingerprint density at radius 3 is 2.57 bits per heavy atom. The standard InChI is InChI=1S/C11H17NO2/c1-14-8(13)5-12-11-9-6-2-3-7(4-6)10(9)11/h6-7,9-12H,2-5H2,1H3. The van der Waals surface area contributed by atoms with Gasteiger partial charge >= 0.3 is 5.97 Å². The molecule has 3 saturated carbocycles. The summed E-state index contributed by atoms with van der Waals surface area (Å²) < 4.78 is 4.62. The third-order valence-electron chi connectivity index (χ3n) is 4.45. The molecule has 0 aromatic rings. The van der Waals surface area contributed by atoms with Gasteiger partial charge in [-0.2, -0.15) is 0 Å². The smallest absolute Gasteiger partial charge is 0.319 e. The highest BCUT2D eigenvalue weighted by Crippen LogP contribution is 2.65. The highest BCUT2D eigenvalue weighted by molar-refractivity contribution is 5.71. The van der Waals surface area contributed by atoms with Gasteiger partial charge < -0.3 is 10.1 Å². The van der Waals surface area contributed by atoms with E-state index in [1.54, 1.807) is 0 Å². The van der Waals surface area contributed by atoms with E-state index in [4.69, 9.17) is 0 Å². The summed E-state index contributed by atoms with van der Waals surface area (Å²) in [6.07, 6.45) is 4.33. The first-order chi connectivity index (χ1) is 6.81. The van der Waals surface area contributed by atoms with Gasteiger partial charge in [0.1, 0.15) is 0 Å². The van der Waals surface area contributed by atoms with E-state index in [-0.39, 0.29) is 5.97 Å². The lowest BCUT2D eigenvalue weighted by atomic mass is 10.0. The van der Waals surface area contributed by atoms with Gasteiger partial charge in [-0.1, -0.05) is 0 Å². The monoisotopic (exact) mass is 195 g/mol. The Balaban J connectivity index is 1.52.